The Labute approximate surface area is 257 Å². The predicted molar refractivity (Wildman–Crippen MR) is 187 cm³/mol. The molecule has 2 unspecified atom stereocenters. The predicted octanol–water partition coefficient (Wildman–Crippen LogP) is 11.3. The van der Waals surface area contributed by atoms with Gasteiger partial charge in [-0.2, -0.15) is 0 Å². The van der Waals surface area contributed by atoms with Crippen LogP contribution in [-0.2, 0) is 0 Å². The molecular formula is C42H39N. The number of rotatable bonds is 9. The third kappa shape index (κ3) is 7.50. The summed E-state index contributed by atoms with van der Waals surface area (Å²) in [6.45, 7) is 0. The van der Waals surface area contributed by atoms with Gasteiger partial charge in [0, 0.05) is 17.3 Å². The number of fused-ring (bicyclic) bond motifs is 1. The van der Waals surface area contributed by atoms with Crippen LogP contribution < -0.4 is 4.90 Å². The van der Waals surface area contributed by atoms with Crippen LogP contribution in [0.2, 0.25) is 0 Å². The van der Waals surface area contributed by atoms with Crippen LogP contribution >= 0.6 is 0 Å². The molecule has 2 aliphatic carbocycles. The summed E-state index contributed by atoms with van der Waals surface area (Å²) in [5.74, 6) is 0.559. The molecule has 1 saturated carbocycles. The quantitative estimate of drug-likeness (QED) is 0.185. The van der Waals surface area contributed by atoms with E-state index in [0.717, 1.165) is 0 Å². The molecule has 4 aromatic carbocycles. The van der Waals surface area contributed by atoms with Crippen LogP contribution in [0.4, 0.5) is 11.4 Å². The molecule has 1 fully saturated rings. The number of benzene rings is 4. The maximum Gasteiger partial charge on any atom is 0.0590 e. The highest BCUT2D eigenvalue weighted by Gasteiger charge is 2.32. The molecule has 0 heterocycles. The van der Waals surface area contributed by atoms with E-state index in [2.05, 4.69) is 169 Å². The maximum atomic E-state index is 2.55. The zero-order valence-electron chi connectivity index (χ0n) is 24.7. The highest BCUT2D eigenvalue weighted by atomic mass is 15.2. The van der Waals surface area contributed by atoms with Crippen molar-refractivity contribution in [3.05, 3.63) is 180 Å². The fourth-order valence-electron chi connectivity index (χ4n) is 6.13. The maximum absolute atomic E-state index is 2.55. The van der Waals surface area contributed by atoms with Gasteiger partial charge in [0.05, 0.1) is 6.04 Å². The first-order valence-corrected chi connectivity index (χ1v) is 15.5. The molecule has 2 atom stereocenters. The zero-order valence-corrected chi connectivity index (χ0v) is 24.7. The minimum Gasteiger partial charge on any atom is -0.334 e. The van der Waals surface area contributed by atoms with Crippen LogP contribution in [0.5, 0.6) is 0 Å². The van der Waals surface area contributed by atoms with E-state index in [1.54, 1.807) is 5.57 Å². The summed E-state index contributed by atoms with van der Waals surface area (Å²) in [5.41, 5.74) is 8.88. The summed E-state index contributed by atoms with van der Waals surface area (Å²) in [6.07, 6.45) is 29.2. The van der Waals surface area contributed by atoms with Gasteiger partial charge in [-0.3, -0.25) is 0 Å². The summed E-state index contributed by atoms with van der Waals surface area (Å²) in [6, 6.07) is 39.2. The van der Waals surface area contributed by atoms with Gasteiger partial charge in [0.25, 0.3) is 0 Å². The van der Waals surface area contributed by atoms with Gasteiger partial charge in [0.15, 0.2) is 0 Å². The van der Waals surface area contributed by atoms with E-state index in [9.17, 15) is 0 Å². The van der Waals surface area contributed by atoms with Crippen molar-refractivity contribution in [1.82, 2.24) is 0 Å². The van der Waals surface area contributed by atoms with E-state index in [1.165, 1.54) is 59.3 Å². The molecule has 43 heavy (non-hydrogen) atoms. The highest BCUT2D eigenvalue weighted by molar-refractivity contribution is 5.70. The Kier molecular flexibility index (Phi) is 9.42. The Hall–Kier alpha value is -4.88. The molecule has 0 spiro atoms. The van der Waals surface area contributed by atoms with Crippen LogP contribution in [0, 0.1) is 5.92 Å². The Balaban J connectivity index is 1.22. The van der Waals surface area contributed by atoms with Crippen molar-refractivity contribution < 1.29 is 0 Å². The van der Waals surface area contributed by atoms with Gasteiger partial charge in [-0.15, -0.1) is 0 Å². The van der Waals surface area contributed by atoms with Gasteiger partial charge in [0.2, 0.25) is 0 Å². The average Bonchev–Trinajstić information content (AvgIpc) is 3.07. The number of anilines is 2. The summed E-state index contributed by atoms with van der Waals surface area (Å²) in [5, 5.41) is 0. The van der Waals surface area contributed by atoms with Crippen LogP contribution in [0.15, 0.2) is 157 Å². The second kappa shape index (κ2) is 14.3. The molecule has 1 nitrogen and oxygen atoms in total. The van der Waals surface area contributed by atoms with E-state index in [-0.39, 0.29) is 0 Å². The van der Waals surface area contributed by atoms with Crippen LogP contribution in [0.25, 0.3) is 24.3 Å². The monoisotopic (exact) mass is 557 g/mol. The minimum atomic E-state index is 0.311. The first kappa shape index (κ1) is 28.2. The standard InChI is InChI=1S/C42H39N/c1-3-14-34(15-4-1)18-7-9-20-36-26-30-39(31-27-36)43(42-25-13-23-38-22-11-12-24-41(38)42)40-32-28-37(29-33-40)21-10-8-19-35-16-5-2-6-17-35/h1-10,13-21,23,25-33,41-42H,11-12,22,24H2/b18-7-,19-8-,20-9+,21-10+. The topological polar surface area (TPSA) is 3.24 Å². The van der Waals surface area contributed by atoms with E-state index >= 15 is 0 Å². The average molecular weight is 558 g/mol. The molecule has 2 aliphatic rings. The molecule has 0 N–H and O–H groups in total. The first-order chi connectivity index (χ1) is 21.3. The second-order valence-electron chi connectivity index (χ2n) is 11.3. The number of hydrogen-bond donors (Lipinski definition) is 0. The van der Waals surface area contributed by atoms with Crippen molar-refractivity contribution in [3.8, 4) is 0 Å². The number of hydrogen-bond acceptors (Lipinski definition) is 1. The molecule has 1 heteroatoms. The molecule has 0 aliphatic heterocycles. The SMILES string of the molecule is C1=CC(N(c2ccc(/C=C/C=C\c3ccccc3)cc2)c2ccc(/C=C/C=C\c3ccccc3)cc2)C2CCCCC2=C1. The lowest BCUT2D eigenvalue weighted by Crippen LogP contribution is -2.39. The van der Waals surface area contributed by atoms with E-state index in [1.807, 2.05) is 12.1 Å². The molecule has 0 bridgehead atoms. The molecule has 0 radical (unpaired) electrons. The van der Waals surface area contributed by atoms with Gasteiger partial charge in [-0.1, -0.05) is 164 Å². The fourth-order valence-corrected chi connectivity index (χ4v) is 6.13. The Morgan fingerprint density at radius 3 is 1.47 bits per heavy atom. The van der Waals surface area contributed by atoms with Crippen molar-refractivity contribution in [1.29, 1.82) is 0 Å². The summed E-state index contributed by atoms with van der Waals surface area (Å²) < 4.78 is 0. The smallest absolute Gasteiger partial charge is 0.0590 e. The summed E-state index contributed by atoms with van der Waals surface area (Å²) in [7, 11) is 0. The lowest BCUT2D eigenvalue weighted by atomic mass is 9.76. The van der Waals surface area contributed by atoms with E-state index in [4.69, 9.17) is 0 Å². The van der Waals surface area contributed by atoms with Crippen molar-refractivity contribution in [2.24, 2.45) is 5.92 Å². The Bertz CT molecular complexity index is 1530. The van der Waals surface area contributed by atoms with Gasteiger partial charge < -0.3 is 4.90 Å². The number of allylic oxidation sites excluding steroid dienone is 6. The molecule has 0 aromatic heterocycles. The molecule has 212 valence electrons. The third-order valence-corrected chi connectivity index (χ3v) is 8.35. The molecule has 0 saturated heterocycles. The van der Waals surface area contributed by atoms with Crippen molar-refractivity contribution in [2.45, 2.75) is 31.7 Å². The van der Waals surface area contributed by atoms with Crippen LogP contribution in [0.1, 0.15) is 47.9 Å². The van der Waals surface area contributed by atoms with E-state index in [0.29, 0.717) is 12.0 Å². The van der Waals surface area contributed by atoms with Crippen LogP contribution in [-0.4, -0.2) is 6.04 Å². The van der Waals surface area contributed by atoms with Crippen molar-refractivity contribution >= 4 is 35.7 Å². The highest BCUT2D eigenvalue weighted by Crippen LogP contribution is 2.41. The minimum absolute atomic E-state index is 0.311. The first-order valence-electron chi connectivity index (χ1n) is 15.5. The molecule has 6 rings (SSSR count). The summed E-state index contributed by atoms with van der Waals surface area (Å²) >= 11 is 0. The van der Waals surface area contributed by atoms with Crippen molar-refractivity contribution in [3.63, 3.8) is 0 Å². The van der Waals surface area contributed by atoms with Gasteiger partial charge in [-0.05, 0) is 65.8 Å². The largest absolute Gasteiger partial charge is 0.334 e. The molecule has 0 amide bonds. The summed E-state index contributed by atoms with van der Waals surface area (Å²) in [4.78, 5) is 2.55. The van der Waals surface area contributed by atoms with Gasteiger partial charge in [0.1, 0.15) is 0 Å². The van der Waals surface area contributed by atoms with Crippen molar-refractivity contribution in [2.75, 3.05) is 4.90 Å². The van der Waals surface area contributed by atoms with E-state index < -0.39 is 0 Å². The molecule has 4 aromatic rings. The fraction of sp³-hybridized carbons (Fsp3) is 0.143. The third-order valence-electron chi connectivity index (χ3n) is 8.35. The van der Waals surface area contributed by atoms with Crippen LogP contribution in [0.3, 0.4) is 0 Å². The zero-order chi connectivity index (χ0) is 29.1. The normalized spacial score (nSPS) is 18.5. The Morgan fingerprint density at radius 1 is 0.512 bits per heavy atom. The van der Waals surface area contributed by atoms with Gasteiger partial charge >= 0.3 is 0 Å². The lowest BCUT2D eigenvalue weighted by molar-refractivity contribution is 0.413. The Morgan fingerprint density at radius 2 is 0.977 bits per heavy atom. The second-order valence-corrected chi connectivity index (χ2v) is 11.3. The number of nitrogens with zero attached hydrogens (tertiary/aromatic N) is 1. The lowest BCUT2D eigenvalue weighted by Gasteiger charge is -2.41. The van der Waals surface area contributed by atoms with Gasteiger partial charge in [-0.25, -0.2) is 0 Å². The molecular weight excluding hydrogens is 518 g/mol.